The molecule has 2 amide bonds. The molecule has 0 saturated heterocycles. The Morgan fingerprint density at radius 2 is 2.21 bits per heavy atom. The molecule has 4 rings (SSSR count). The van der Waals surface area contributed by atoms with Crippen molar-refractivity contribution in [3.63, 3.8) is 0 Å². The minimum Gasteiger partial charge on any atom is -0.493 e. The van der Waals surface area contributed by atoms with Crippen molar-refractivity contribution in [2.24, 2.45) is 10.7 Å². The third kappa shape index (κ3) is 1.61. The molecule has 0 bridgehead atoms. The number of hydrogen-bond acceptors (Lipinski definition) is 3. The van der Waals surface area contributed by atoms with E-state index >= 15 is 0 Å². The number of benzene rings is 1. The molecule has 3 aliphatic rings. The molecule has 2 heterocycles. The van der Waals surface area contributed by atoms with Crippen molar-refractivity contribution in [2.45, 2.75) is 31.3 Å². The van der Waals surface area contributed by atoms with E-state index in [4.69, 9.17) is 10.5 Å². The van der Waals surface area contributed by atoms with Crippen LogP contribution in [0.25, 0.3) is 0 Å². The molecule has 98 valence electrons. The highest BCUT2D eigenvalue weighted by Crippen LogP contribution is 2.39. The zero-order valence-corrected chi connectivity index (χ0v) is 10.5. The normalized spacial score (nSPS) is 25.3. The number of ether oxygens (including phenoxy) is 1. The van der Waals surface area contributed by atoms with Crippen molar-refractivity contribution < 1.29 is 9.53 Å². The lowest BCUT2D eigenvalue weighted by atomic mass is 10.0. The molecule has 2 aliphatic heterocycles. The monoisotopic (exact) mass is 257 g/mol. The summed E-state index contributed by atoms with van der Waals surface area (Å²) in [6, 6.07) is 5.99. The van der Waals surface area contributed by atoms with Gasteiger partial charge < -0.3 is 15.4 Å². The van der Waals surface area contributed by atoms with Crippen molar-refractivity contribution in [3.8, 4) is 5.75 Å². The Labute approximate surface area is 111 Å². The van der Waals surface area contributed by atoms with Crippen LogP contribution < -0.4 is 10.5 Å². The molecule has 2 N–H and O–H groups in total. The molecule has 0 spiro atoms. The van der Waals surface area contributed by atoms with E-state index in [9.17, 15) is 4.79 Å². The fourth-order valence-electron chi connectivity index (χ4n) is 2.91. The standard InChI is InChI=1S/C14H15N3O2/c15-13-12(17(10-2-3-10)14(18)16-13)9-1-4-11-8(7-9)5-6-19-11/h1,4,7,10,12H,2-3,5-6H2,(H2,15,16,18). The van der Waals surface area contributed by atoms with Crippen LogP contribution in [0.2, 0.25) is 0 Å². The van der Waals surface area contributed by atoms with Gasteiger partial charge in [-0.25, -0.2) is 4.79 Å². The first kappa shape index (κ1) is 10.8. The molecule has 1 atom stereocenters. The number of rotatable bonds is 2. The van der Waals surface area contributed by atoms with Gasteiger partial charge >= 0.3 is 6.03 Å². The van der Waals surface area contributed by atoms with Crippen LogP contribution in [0.15, 0.2) is 23.2 Å². The van der Waals surface area contributed by atoms with E-state index in [2.05, 4.69) is 11.1 Å². The third-order valence-corrected chi connectivity index (χ3v) is 3.97. The molecule has 5 nitrogen and oxygen atoms in total. The first-order valence-electron chi connectivity index (χ1n) is 6.66. The van der Waals surface area contributed by atoms with Gasteiger partial charge in [0.15, 0.2) is 0 Å². The maximum absolute atomic E-state index is 11.9. The number of nitrogens with zero attached hydrogens (tertiary/aromatic N) is 2. The molecule has 0 aromatic heterocycles. The zero-order valence-electron chi connectivity index (χ0n) is 10.5. The number of carbonyl (C=O) groups excluding carboxylic acids is 1. The number of carbonyl (C=O) groups is 1. The zero-order chi connectivity index (χ0) is 13.0. The number of amides is 2. The maximum atomic E-state index is 11.9. The van der Waals surface area contributed by atoms with Crippen molar-refractivity contribution >= 4 is 11.9 Å². The summed E-state index contributed by atoms with van der Waals surface area (Å²) in [5.41, 5.74) is 8.20. The molecular formula is C14H15N3O2. The number of nitrogens with two attached hydrogens (primary N) is 1. The molecule has 1 aromatic carbocycles. The Kier molecular flexibility index (Phi) is 2.13. The Balaban J connectivity index is 1.74. The van der Waals surface area contributed by atoms with Crippen molar-refractivity contribution in [1.82, 2.24) is 4.90 Å². The fraction of sp³-hybridized carbons (Fsp3) is 0.429. The maximum Gasteiger partial charge on any atom is 0.346 e. The first-order chi connectivity index (χ1) is 9.24. The van der Waals surface area contributed by atoms with Crippen LogP contribution in [-0.2, 0) is 6.42 Å². The van der Waals surface area contributed by atoms with E-state index in [-0.39, 0.29) is 12.1 Å². The average Bonchev–Trinajstić information content (AvgIpc) is 3.03. The van der Waals surface area contributed by atoms with Crippen LogP contribution >= 0.6 is 0 Å². The molecule has 0 radical (unpaired) electrons. The molecule has 1 aromatic rings. The van der Waals surface area contributed by atoms with Gasteiger partial charge in [0.2, 0.25) is 0 Å². The van der Waals surface area contributed by atoms with Crippen molar-refractivity contribution in [2.75, 3.05) is 6.61 Å². The van der Waals surface area contributed by atoms with E-state index in [1.807, 2.05) is 17.0 Å². The molecular weight excluding hydrogens is 242 g/mol. The van der Waals surface area contributed by atoms with Crippen LogP contribution in [0.5, 0.6) is 5.75 Å². The van der Waals surface area contributed by atoms with Gasteiger partial charge in [0.25, 0.3) is 0 Å². The van der Waals surface area contributed by atoms with Crippen LogP contribution in [0.4, 0.5) is 4.79 Å². The highest BCUT2D eigenvalue weighted by atomic mass is 16.5. The molecule has 5 heteroatoms. The summed E-state index contributed by atoms with van der Waals surface area (Å²) in [7, 11) is 0. The largest absolute Gasteiger partial charge is 0.493 e. The third-order valence-electron chi connectivity index (χ3n) is 3.97. The number of amidine groups is 1. The second-order valence-corrected chi connectivity index (χ2v) is 5.33. The van der Waals surface area contributed by atoms with E-state index in [1.54, 1.807) is 0 Å². The van der Waals surface area contributed by atoms with Crippen molar-refractivity contribution in [3.05, 3.63) is 29.3 Å². The second kappa shape index (κ2) is 3.73. The molecule has 1 fully saturated rings. The first-order valence-corrected chi connectivity index (χ1v) is 6.66. The Hall–Kier alpha value is -2.04. The number of aliphatic imine (C=N–C) groups is 1. The van der Waals surface area contributed by atoms with E-state index < -0.39 is 0 Å². The highest BCUT2D eigenvalue weighted by Gasteiger charge is 2.43. The van der Waals surface area contributed by atoms with E-state index in [1.165, 1.54) is 5.56 Å². The van der Waals surface area contributed by atoms with Crippen LogP contribution in [-0.4, -0.2) is 29.4 Å². The van der Waals surface area contributed by atoms with Gasteiger partial charge in [-0.05, 0) is 36.1 Å². The quantitative estimate of drug-likeness (QED) is 0.875. The highest BCUT2D eigenvalue weighted by molar-refractivity contribution is 6.03. The predicted molar refractivity (Wildman–Crippen MR) is 70.3 cm³/mol. The average molecular weight is 257 g/mol. The van der Waals surface area contributed by atoms with Crippen LogP contribution in [0, 0.1) is 0 Å². The van der Waals surface area contributed by atoms with Gasteiger partial charge in [-0.15, -0.1) is 0 Å². The van der Waals surface area contributed by atoms with Crippen LogP contribution in [0.3, 0.4) is 0 Å². The topological polar surface area (TPSA) is 67.9 Å². The minimum absolute atomic E-state index is 0.189. The molecule has 1 aliphatic carbocycles. The summed E-state index contributed by atoms with van der Waals surface area (Å²) < 4.78 is 5.51. The number of fused-ring (bicyclic) bond motifs is 1. The van der Waals surface area contributed by atoms with Gasteiger partial charge in [0.05, 0.1) is 6.61 Å². The summed E-state index contributed by atoms with van der Waals surface area (Å²) in [4.78, 5) is 17.7. The second-order valence-electron chi connectivity index (χ2n) is 5.33. The SMILES string of the molecule is NC1=NC(=O)N(C2CC2)C1c1ccc2c(c1)CCO2. The van der Waals surface area contributed by atoms with E-state index in [0.29, 0.717) is 11.9 Å². The lowest BCUT2D eigenvalue weighted by Crippen LogP contribution is -2.35. The summed E-state index contributed by atoms with van der Waals surface area (Å²) in [6.07, 6.45) is 3.03. The van der Waals surface area contributed by atoms with Gasteiger partial charge in [-0.2, -0.15) is 4.99 Å². The van der Waals surface area contributed by atoms with Gasteiger partial charge in [-0.3, -0.25) is 0 Å². The summed E-state index contributed by atoms with van der Waals surface area (Å²) in [6.45, 7) is 0.734. The fourth-order valence-corrected chi connectivity index (χ4v) is 2.91. The molecule has 1 saturated carbocycles. The minimum atomic E-state index is -0.193. The Bertz CT molecular complexity index is 592. The van der Waals surface area contributed by atoms with Crippen molar-refractivity contribution in [1.29, 1.82) is 0 Å². The lowest BCUT2D eigenvalue weighted by molar-refractivity contribution is 0.203. The summed E-state index contributed by atoms with van der Waals surface area (Å²) in [5.74, 6) is 1.36. The van der Waals surface area contributed by atoms with Gasteiger partial charge in [0.1, 0.15) is 17.6 Å². The summed E-state index contributed by atoms with van der Waals surface area (Å²) >= 11 is 0. The smallest absolute Gasteiger partial charge is 0.346 e. The number of hydrogen-bond donors (Lipinski definition) is 1. The Morgan fingerprint density at radius 1 is 1.37 bits per heavy atom. The van der Waals surface area contributed by atoms with Gasteiger partial charge in [-0.1, -0.05) is 6.07 Å². The molecule has 19 heavy (non-hydrogen) atoms. The van der Waals surface area contributed by atoms with Gasteiger partial charge in [0, 0.05) is 12.5 Å². The van der Waals surface area contributed by atoms with E-state index in [0.717, 1.165) is 37.2 Å². The lowest BCUT2D eigenvalue weighted by Gasteiger charge is -2.24. The summed E-state index contributed by atoms with van der Waals surface area (Å²) in [5, 5.41) is 0. The molecule has 1 unspecified atom stereocenters. The predicted octanol–water partition coefficient (Wildman–Crippen LogP) is 1.62. The Morgan fingerprint density at radius 3 is 3.00 bits per heavy atom. The number of urea groups is 1. The van der Waals surface area contributed by atoms with Crippen LogP contribution in [0.1, 0.15) is 30.0 Å².